The van der Waals surface area contributed by atoms with Crippen LogP contribution < -0.4 is 10.6 Å². The molecule has 2 aromatic carbocycles. The molecule has 3 atom stereocenters. The second-order valence-electron chi connectivity index (χ2n) is 14.6. The molecule has 0 aliphatic heterocycles. The normalized spacial score (nSPS) is 13.7. The summed E-state index contributed by atoms with van der Waals surface area (Å²) in [4.78, 5) is 57.2. The quantitative estimate of drug-likeness (QED) is 0.157. The lowest BCUT2D eigenvalue weighted by Gasteiger charge is -2.36. The van der Waals surface area contributed by atoms with Crippen molar-refractivity contribution in [3.05, 3.63) is 71.3 Å². The van der Waals surface area contributed by atoms with Crippen molar-refractivity contribution in [2.24, 2.45) is 5.92 Å². The molecule has 2 rings (SSSR count). The predicted octanol–water partition coefficient (Wildman–Crippen LogP) is 7.06. The number of aryl methyl sites for hydroxylation is 1. The van der Waals surface area contributed by atoms with Gasteiger partial charge in [-0.3, -0.25) is 9.59 Å². The summed E-state index contributed by atoms with van der Waals surface area (Å²) in [5, 5.41) is 5.77. The zero-order valence-electron chi connectivity index (χ0n) is 30.1. The van der Waals surface area contributed by atoms with Gasteiger partial charge < -0.3 is 25.0 Å². The third-order valence-corrected chi connectivity index (χ3v) is 7.32. The second kappa shape index (κ2) is 17.9. The Hall–Kier alpha value is -3.88. The molecule has 3 amide bonds. The van der Waals surface area contributed by atoms with Crippen LogP contribution in [0.15, 0.2) is 54.6 Å². The van der Waals surface area contributed by atoms with Crippen LogP contribution in [0.5, 0.6) is 0 Å². The zero-order valence-corrected chi connectivity index (χ0v) is 30.1. The molecular weight excluding hydrogens is 594 g/mol. The van der Waals surface area contributed by atoms with Gasteiger partial charge in [-0.25, -0.2) is 9.59 Å². The molecule has 9 nitrogen and oxygen atoms in total. The number of ether oxygens (including phenoxy) is 2. The summed E-state index contributed by atoms with van der Waals surface area (Å²) >= 11 is 0. The van der Waals surface area contributed by atoms with Gasteiger partial charge in [0.05, 0.1) is 0 Å². The third-order valence-electron chi connectivity index (χ3n) is 7.32. The highest BCUT2D eigenvalue weighted by molar-refractivity contribution is 5.94. The number of alkyl carbamates (subject to hydrolysis) is 1. The van der Waals surface area contributed by atoms with Crippen LogP contribution in [-0.2, 0) is 30.3 Å². The molecule has 0 saturated carbocycles. The Labute approximate surface area is 282 Å². The highest BCUT2D eigenvalue weighted by Gasteiger charge is 2.39. The van der Waals surface area contributed by atoms with Crippen LogP contribution >= 0.6 is 0 Å². The molecule has 0 saturated heterocycles. The summed E-state index contributed by atoms with van der Waals surface area (Å²) in [5.41, 5.74) is 0.781. The fraction of sp³-hybridized carbons (Fsp3) is 0.579. The van der Waals surface area contributed by atoms with E-state index in [1.807, 2.05) is 75.4 Å². The molecule has 0 bridgehead atoms. The number of benzene rings is 2. The maximum atomic E-state index is 14.6. The largest absolute Gasteiger partial charge is 0.458 e. The van der Waals surface area contributed by atoms with E-state index < -0.39 is 47.3 Å². The summed E-state index contributed by atoms with van der Waals surface area (Å²) < 4.78 is 11.3. The van der Waals surface area contributed by atoms with Crippen molar-refractivity contribution in [2.45, 2.75) is 131 Å². The lowest BCUT2D eigenvalue weighted by molar-refractivity contribution is -0.159. The minimum Gasteiger partial charge on any atom is -0.458 e. The van der Waals surface area contributed by atoms with E-state index in [1.54, 1.807) is 46.4 Å². The zero-order chi connectivity index (χ0) is 35.4. The predicted molar refractivity (Wildman–Crippen MR) is 186 cm³/mol. The Balaban J connectivity index is 2.63. The van der Waals surface area contributed by atoms with E-state index in [-0.39, 0.29) is 24.8 Å². The number of hydrogen-bond donors (Lipinski definition) is 2. The Morgan fingerprint density at radius 2 is 1.38 bits per heavy atom. The minimum atomic E-state index is -1.07. The van der Waals surface area contributed by atoms with Gasteiger partial charge in [-0.05, 0) is 83.9 Å². The summed E-state index contributed by atoms with van der Waals surface area (Å²) in [7, 11) is 0. The van der Waals surface area contributed by atoms with Crippen molar-refractivity contribution < 1.29 is 28.7 Å². The fourth-order valence-corrected chi connectivity index (χ4v) is 5.25. The summed E-state index contributed by atoms with van der Waals surface area (Å²) in [6.45, 7) is 18.8. The van der Waals surface area contributed by atoms with Crippen LogP contribution in [0, 0.1) is 12.8 Å². The first kappa shape index (κ1) is 39.3. The second-order valence-corrected chi connectivity index (χ2v) is 14.6. The topological polar surface area (TPSA) is 114 Å². The molecule has 2 N–H and O–H groups in total. The highest BCUT2D eigenvalue weighted by atomic mass is 16.6. The monoisotopic (exact) mass is 651 g/mol. The number of unbranched alkanes of at least 4 members (excludes halogenated alkanes) is 2. The van der Waals surface area contributed by atoms with E-state index in [2.05, 4.69) is 17.6 Å². The van der Waals surface area contributed by atoms with Crippen LogP contribution in [0.25, 0.3) is 0 Å². The maximum Gasteiger partial charge on any atom is 0.408 e. The average Bonchev–Trinajstić information content (AvgIpc) is 2.95. The summed E-state index contributed by atoms with van der Waals surface area (Å²) in [6, 6.07) is 13.8. The minimum absolute atomic E-state index is 0.0598. The Kier molecular flexibility index (Phi) is 14.9. The molecule has 0 aliphatic rings. The lowest BCUT2D eigenvalue weighted by Crippen LogP contribution is -2.55. The van der Waals surface area contributed by atoms with Gasteiger partial charge in [0, 0.05) is 13.0 Å². The Morgan fingerprint density at radius 1 is 0.787 bits per heavy atom. The number of hydrogen-bond acceptors (Lipinski definition) is 6. The molecule has 0 spiro atoms. The highest BCUT2D eigenvalue weighted by Crippen LogP contribution is 2.28. The van der Waals surface area contributed by atoms with Gasteiger partial charge in [0.25, 0.3) is 0 Å². The van der Waals surface area contributed by atoms with Crippen molar-refractivity contribution in [2.75, 3.05) is 6.54 Å². The van der Waals surface area contributed by atoms with Gasteiger partial charge in [0.2, 0.25) is 11.8 Å². The standard InChI is InChI=1S/C38H57N3O6/c1-11-12-18-23-41(34(43)30(24-26(2)3)40-36(45)47-38(8,9)10)32(29-22-17-16-19-27(29)4)33(42)39-31(35(44)46-37(5,6)7)25-28-20-14-13-15-21-28/h13-17,19-22,26,30-32H,11-12,18,23-25H2,1-10H3,(H,39,42)(H,40,45). The van der Waals surface area contributed by atoms with Crippen molar-refractivity contribution in [1.82, 2.24) is 15.5 Å². The molecule has 3 unspecified atom stereocenters. The van der Waals surface area contributed by atoms with Crippen molar-refractivity contribution >= 4 is 23.9 Å². The van der Waals surface area contributed by atoms with Gasteiger partial charge in [0.1, 0.15) is 29.3 Å². The first-order valence-corrected chi connectivity index (χ1v) is 16.8. The van der Waals surface area contributed by atoms with Gasteiger partial charge >= 0.3 is 12.1 Å². The first-order chi connectivity index (χ1) is 21.9. The number of esters is 1. The molecular formula is C38H57N3O6. The number of nitrogens with zero attached hydrogens (tertiary/aromatic N) is 1. The van der Waals surface area contributed by atoms with E-state index in [1.165, 1.54) is 0 Å². The van der Waals surface area contributed by atoms with E-state index in [9.17, 15) is 19.2 Å². The summed E-state index contributed by atoms with van der Waals surface area (Å²) in [5.74, 6) is -1.40. The lowest BCUT2D eigenvalue weighted by atomic mass is 9.95. The van der Waals surface area contributed by atoms with Crippen LogP contribution in [0.2, 0.25) is 0 Å². The number of rotatable bonds is 15. The van der Waals surface area contributed by atoms with Crippen molar-refractivity contribution in [3.63, 3.8) is 0 Å². The average molecular weight is 652 g/mol. The van der Waals surface area contributed by atoms with E-state index in [4.69, 9.17) is 9.47 Å². The van der Waals surface area contributed by atoms with Crippen LogP contribution in [-0.4, -0.2) is 58.6 Å². The van der Waals surface area contributed by atoms with Gasteiger partial charge in [-0.15, -0.1) is 0 Å². The number of amides is 3. The Bertz CT molecular complexity index is 1310. The van der Waals surface area contributed by atoms with Crippen molar-refractivity contribution in [3.8, 4) is 0 Å². The van der Waals surface area contributed by atoms with Gasteiger partial charge in [0.15, 0.2) is 0 Å². The van der Waals surface area contributed by atoms with E-state index in [0.717, 1.165) is 24.0 Å². The third kappa shape index (κ3) is 13.8. The SMILES string of the molecule is CCCCCN(C(=O)C(CC(C)C)NC(=O)OC(C)(C)C)C(C(=O)NC(Cc1ccccc1)C(=O)OC(C)(C)C)c1ccccc1C. The van der Waals surface area contributed by atoms with Crippen molar-refractivity contribution in [1.29, 1.82) is 0 Å². The molecule has 0 radical (unpaired) electrons. The smallest absolute Gasteiger partial charge is 0.408 e. The van der Waals surface area contributed by atoms with E-state index in [0.29, 0.717) is 18.4 Å². The molecule has 0 fully saturated rings. The molecule has 47 heavy (non-hydrogen) atoms. The van der Waals surface area contributed by atoms with Gasteiger partial charge in [-0.2, -0.15) is 0 Å². The number of carbonyl (C=O) groups excluding carboxylic acids is 4. The molecule has 0 heterocycles. The molecule has 0 aliphatic carbocycles. The first-order valence-electron chi connectivity index (χ1n) is 16.8. The molecule has 0 aromatic heterocycles. The van der Waals surface area contributed by atoms with Gasteiger partial charge in [-0.1, -0.05) is 88.2 Å². The maximum absolute atomic E-state index is 14.6. The number of nitrogens with one attached hydrogen (secondary N) is 2. The molecule has 9 heteroatoms. The summed E-state index contributed by atoms with van der Waals surface area (Å²) in [6.07, 6.45) is 2.26. The van der Waals surface area contributed by atoms with E-state index >= 15 is 0 Å². The number of carbonyl (C=O) groups is 4. The van der Waals surface area contributed by atoms with Crippen LogP contribution in [0.4, 0.5) is 4.79 Å². The molecule has 260 valence electrons. The van der Waals surface area contributed by atoms with Crippen LogP contribution in [0.3, 0.4) is 0 Å². The molecule has 2 aromatic rings. The van der Waals surface area contributed by atoms with Crippen LogP contribution in [0.1, 0.15) is 111 Å². The fourth-order valence-electron chi connectivity index (χ4n) is 5.25. The Morgan fingerprint density at radius 3 is 1.94 bits per heavy atom.